The summed E-state index contributed by atoms with van der Waals surface area (Å²) in [6.07, 6.45) is 3.63. The predicted molar refractivity (Wildman–Crippen MR) is 121 cm³/mol. The van der Waals surface area contributed by atoms with Crippen LogP contribution in [0.15, 0.2) is 47.5 Å². The fraction of sp³-hybridized carbons (Fsp3) is 0.350. The number of hydrogen-bond acceptors (Lipinski definition) is 3. The number of nitrogens with zero attached hydrogens (tertiary/aromatic N) is 1. The SMILES string of the molecule is CCC(O)(CC)[C@H](Cc1ccccc1)N=Cc1cc(I)cc(I)c1O. The van der Waals surface area contributed by atoms with Crippen LogP contribution in [0.4, 0.5) is 0 Å². The highest BCUT2D eigenvalue weighted by Crippen LogP contribution is 2.28. The van der Waals surface area contributed by atoms with Gasteiger partial charge in [-0.05, 0) is 82.1 Å². The summed E-state index contributed by atoms with van der Waals surface area (Å²) in [5, 5.41) is 21.3. The molecule has 134 valence electrons. The summed E-state index contributed by atoms with van der Waals surface area (Å²) in [6.45, 7) is 3.98. The number of phenolic OH excluding ortho intramolecular Hbond substituents is 1. The lowest BCUT2D eigenvalue weighted by Crippen LogP contribution is -2.41. The number of hydrogen-bond donors (Lipinski definition) is 2. The van der Waals surface area contributed by atoms with Crippen molar-refractivity contribution in [1.82, 2.24) is 0 Å². The van der Waals surface area contributed by atoms with Crippen molar-refractivity contribution in [3.63, 3.8) is 0 Å². The molecular formula is C20H23I2NO2. The van der Waals surface area contributed by atoms with Crippen LogP contribution in [0.2, 0.25) is 0 Å². The maximum Gasteiger partial charge on any atom is 0.137 e. The third-order valence-electron chi connectivity index (χ3n) is 4.57. The molecule has 0 heterocycles. The van der Waals surface area contributed by atoms with Crippen molar-refractivity contribution in [2.24, 2.45) is 4.99 Å². The lowest BCUT2D eigenvalue weighted by molar-refractivity contribution is 0.00757. The maximum absolute atomic E-state index is 11.0. The number of halogens is 2. The van der Waals surface area contributed by atoms with Crippen LogP contribution in [0.25, 0.3) is 0 Å². The molecule has 0 aliphatic heterocycles. The second kappa shape index (κ2) is 9.32. The molecule has 0 fully saturated rings. The molecule has 2 aromatic carbocycles. The third kappa shape index (κ3) is 5.40. The van der Waals surface area contributed by atoms with Gasteiger partial charge in [-0.2, -0.15) is 0 Å². The molecule has 0 aliphatic carbocycles. The van der Waals surface area contributed by atoms with Crippen molar-refractivity contribution in [1.29, 1.82) is 0 Å². The van der Waals surface area contributed by atoms with Crippen LogP contribution in [0.1, 0.15) is 37.8 Å². The van der Waals surface area contributed by atoms with E-state index in [4.69, 9.17) is 4.99 Å². The van der Waals surface area contributed by atoms with Gasteiger partial charge in [0.2, 0.25) is 0 Å². The molecule has 2 aromatic rings. The fourth-order valence-electron chi connectivity index (χ4n) is 2.79. The number of aliphatic imine (C=N–C) groups is 1. The second-order valence-corrected chi connectivity index (χ2v) is 8.53. The van der Waals surface area contributed by atoms with Crippen LogP contribution in [0, 0.1) is 7.14 Å². The molecule has 0 saturated heterocycles. The minimum Gasteiger partial charge on any atom is -0.506 e. The highest BCUT2D eigenvalue weighted by atomic mass is 127. The third-order valence-corrected chi connectivity index (χ3v) is 6.01. The standard InChI is InChI=1S/C20H23I2NO2/c1-3-20(25,4-2)18(10-14-8-6-5-7-9-14)23-13-15-11-16(21)12-17(22)19(15)24/h5-9,11-13,18,24-25H,3-4,10H2,1-2H3/t18-/m0/s1. The Morgan fingerprint density at radius 2 is 1.76 bits per heavy atom. The Bertz CT molecular complexity index is 728. The topological polar surface area (TPSA) is 52.8 Å². The van der Waals surface area contributed by atoms with Crippen molar-refractivity contribution < 1.29 is 10.2 Å². The van der Waals surface area contributed by atoms with Crippen LogP contribution in [-0.4, -0.2) is 28.1 Å². The molecule has 3 nitrogen and oxygen atoms in total. The minimum atomic E-state index is -0.864. The summed E-state index contributed by atoms with van der Waals surface area (Å²) in [5.74, 6) is 0.236. The van der Waals surface area contributed by atoms with E-state index >= 15 is 0 Å². The molecule has 0 aliphatic rings. The van der Waals surface area contributed by atoms with Gasteiger partial charge in [-0.25, -0.2) is 0 Å². The Morgan fingerprint density at radius 3 is 2.36 bits per heavy atom. The van der Waals surface area contributed by atoms with E-state index in [9.17, 15) is 10.2 Å². The second-order valence-electron chi connectivity index (χ2n) is 6.12. The Kier molecular flexibility index (Phi) is 7.69. The molecule has 25 heavy (non-hydrogen) atoms. The van der Waals surface area contributed by atoms with Gasteiger partial charge in [0.25, 0.3) is 0 Å². The Morgan fingerprint density at radius 1 is 1.12 bits per heavy atom. The number of phenols is 1. The molecule has 0 bridgehead atoms. The van der Waals surface area contributed by atoms with E-state index in [-0.39, 0.29) is 11.8 Å². The smallest absolute Gasteiger partial charge is 0.137 e. The van der Waals surface area contributed by atoms with E-state index in [0.29, 0.717) is 24.8 Å². The minimum absolute atomic E-state index is 0.236. The molecule has 1 atom stereocenters. The maximum atomic E-state index is 11.0. The molecule has 2 N–H and O–H groups in total. The van der Waals surface area contributed by atoms with Gasteiger partial charge in [0, 0.05) is 15.3 Å². The van der Waals surface area contributed by atoms with Crippen molar-refractivity contribution in [3.05, 3.63) is 60.7 Å². The quantitative estimate of drug-likeness (QED) is 0.361. The van der Waals surface area contributed by atoms with Crippen molar-refractivity contribution in [2.45, 2.75) is 44.8 Å². The van der Waals surface area contributed by atoms with Crippen molar-refractivity contribution >= 4 is 51.4 Å². The first-order valence-electron chi connectivity index (χ1n) is 8.37. The molecule has 2 rings (SSSR count). The molecule has 0 saturated carbocycles. The highest BCUT2D eigenvalue weighted by molar-refractivity contribution is 14.1. The summed E-state index contributed by atoms with van der Waals surface area (Å²) < 4.78 is 1.84. The number of benzene rings is 2. The fourth-order valence-corrected chi connectivity index (χ4v) is 4.68. The first kappa shape index (κ1) is 20.6. The zero-order valence-electron chi connectivity index (χ0n) is 14.4. The van der Waals surface area contributed by atoms with E-state index in [1.165, 1.54) is 0 Å². The van der Waals surface area contributed by atoms with Crippen molar-refractivity contribution in [3.8, 4) is 5.75 Å². The van der Waals surface area contributed by atoms with E-state index < -0.39 is 5.60 Å². The number of rotatable bonds is 7. The van der Waals surface area contributed by atoms with Crippen molar-refractivity contribution in [2.75, 3.05) is 0 Å². The highest BCUT2D eigenvalue weighted by Gasteiger charge is 2.33. The van der Waals surface area contributed by atoms with Gasteiger partial charge in [-0.15, -0.1) is 0 Å². The average Bonchev–Trinajstić information content (AvgIpc) is 2.62. The summed E-state index contributed by atoms with van der Waals surface area (Å²) in [6, 6.07) is 13.7. The zero-order valence-corrected chi connectivity index (χ0v) is 18.7. The first-order chi connectivity index (χ1) is 11.9. The number of aromatic hydroxyl groups is 1. The largest absolute Gasteiger partial charge is 0.506 e. The summed E-state index contributed by atoms with van der Waals surface area (Å²) in [5.41, 5.74) is 0.965. The Balaban J connectivity index is 2.36. The Labute approximate surface area is 176 Å². The van der Waals surface area contributed by atoms with Crippen LogP contribution in [0.3, 0.4) is 0 Å². The monoisotopic (exact) mass is 563 g/mol. The van der Waals surface area contributed by atoms with E-state index in [2.05, 4.69) is 57.3 Å². The van der Waals surface area contributed by atoms with Gasteiger partial charge in [-0.3, -0.25) is 4.99 Å². The summed E-state index contributed by atoms with van der Waals surface area (Å²) in [7, 11) is 0. The molecule has 0 radical (unpaired) electrons. The lowest BCUT2D eigenvalue weighted by atomic mass is 9.85. The first-order valence-corrected chi connectivity index (χ1v) is 10.5. The molecule has 5 heteroatoms. The van der Waals surface area contributed by atoms with Gasteiger partial charge in [0.15, 0.2) is 0 Å². The van der Waals surface area contributed by atoms with E-state index in [1.807, 2.05) is 44.2 Å². The normalized spacial score (nSPS) is 13.3. The molecule has 0 aromatic heterocycles. The summed E-state index contributed by atoms with van der Waals surface area (Å²) in [4.78, 5) is 4.70. The Hall–Kier alpha value is -0.670. The van der Waals surface area contributed by atoms with Gasteiger partial charge in [0.05, 0.1) is 15.2 Å². The van der Waals surface area contributed by atoms with Crippen LogP contribution in [-0.2, 0) is 6.42 Å². The van der Waals surface area contributed by atoms with Gasteiger partial charge in [0.1, 0.15) is 5.75 Å². The molecule has 0 amide bonds. The van der Waals surface area contributed by atoms with Crippen LogP contribution >= 0.6 is 45.2 Å². The van der Waals surface area contributed by atoms with Gasteiger partial charge in [-0.1, -0.05) is 44.2 Å². The summed E-state index contributed by atoms with van der Waals surface area (Å²) >= 11 is 4.34. The van der Waals surface area contributed by atoms with E-state index in [1.54, 1.807) is 6.21 Å². The van der Waals surface area contributed by atoms with Gasteiger partial charge >= 0.3 is 0 Å². The molecule has 0 spiro atoms. The van der Waals surface area contributed by atoms with Gasteiger partial charge < -0.3 is 10.2 Å². The molecule has 0 unspecified atom stereocenters. The van der Waals surface area contributed by atoms with Crippen LogP contribution < -0.4 is 0 Å². The zero-order chi connectivity index (χ0) is 18.4. The van der Waals surface area contributed by atoms with E-state index in [0.717, 1.165) is 12.7 Å². The average molecular weight is 563 g/mol. The molecular weight excluding hydrogens is 540 g/mol. The lowest BCUT2D eigenvalue weighted by Gasteiger charge is -2.32. The predicted octanol–water partition coefficient (Wildman–Crippen LogP) is 5.18. The number of aliphatic hydroxyl groups is 1. The van der Waals surface area contributed by atoms with Crippen LogP contribution in [0.5, 0.6) is 5.75 Å².